The number of carbonyl (C=O) groups excluding carboxylic acids is 1. The summed E-state index contributed by atoms with van der Waals surface area (Å²) in [6.07, 6.45) is 1.11. The molecular formula is C10H22N2O2. The lowest BCUT2D eigenvalue weighted by Crippen LogP contribution is -2.41. The zero-order chi connectivity index (χ0) is 11.1. The molecule has 0 rings (SSSR count). The minimum atomic E-state index is -0.143. The molecule has 0 aliphatic rings. The van der Waals surface area contributed by atoms with Crippen molar-refractivity contribution in [3.63, 3.8) is 0 Å². The van der Waals surface area contributed by atoms with Gasteiger partial charge in [0, 0.05) is 12.5 Å². The van der Waals surface area contributed by atoms with Crippen LogP contribution in [0.3, 0.4) is 0 Å². The molecule has 4 heteroatoms. The molecular weight excluding hydrogens is 180 g/mol. The van der Waals surface area contributed by atoms with Crippen molar-refractivity contribution in [1.29, 1.82) is 0 Å². The van der Waals surface area contributed by atoms with E-state index < -0.39 is 0 Å². The van der Waals surface area contributed by atoms with E-state index in [0.717, 1.165) is 0 Å². The summed E-state index contributed by atoms with van der Waals surface area (Å²) in [5.41, 5.74) is 5.53. The van der Waals surface area contributed by atoms with Gasteiger partial charge in [-0.2, -0.15) is 0 Å². The second-order valence-corrected chi connectivity index (χ2v) is 4.12. The molecule has 0 saturated carbocycles. The molecule has 0 aromatic carbocycles. The standard InChI is InChI=1S/C10H22N2O2/c1-7(2)9(6-13)12-10(14)5-4-8(3)11/h7-9,13H,4-6,11H2,1-3H3,(H,12,14). The fourth-order valence-electron chi connectivity index (χ4n) is 1.06. The summed E-state index contributed by atoms with van der Waals surface area (Å²) >= 11 is 0. The lowest BCUT2D eigenvalue weighted by atomic mass is 10.0. The van der Waals surface area contributed by atoms with Crippen molar-refractivity contribution >= 4 is 5.91 Å². The van der Waals surface area contributed by atoms with Crippen LogP contribution >= 0.6 is 0 Å². The first kappa shape index (κ1) is 13.4. The zero-order valence-electron chi connectivity index (χ0n) is 9.29. The Balaban J connectivity index is 3.79. The summed E-state index contributed by atoms with van der Waals surface area (Å²) in [7, 11) is 0. The topological polar surface area (TPSA) is 75.4 Å². The van der Waals surface area contributed by atoms with E-state index in [9.17, 15) is 4.79 Å². The number of carbonyl (C=O) groups is 1. The number of rotatable bonds is 6. The predicted octanol–water partition coefficient (Wildman–Crippen LogP) is 0.247. The third-order valence-electron chi connectivity index (χ3n) is 2.17. The number of nitrogens with two attached hydrogens (primary N) is 1. The molecule has 0 saturated heterocycles. The Kier molecular flexibility index (Phi) is 6.49. The first-order valence-corrected chi connectivity index (χ1v) is 5.13. The van der Waals surface area contributed by atoms with E-state index in [1.54, 1.807) is 0 Å². The van der Waals surface area contributed by atoms with Gasteiger partial charge in [0.1, 0.15) is 0 Å². The first-order valence-electron chi connectivity index (χ1n) is 5.13. The number of hydrogen-bond donors (Lipinski definition) is 3. The number of nitrogens with one attached hydrogen (secondary N) is 1. The summed E-state index contributed by atoms with van der Waals surface area (Å²) in [6, 6.07) is -0.0945. The Hall–Kier alpha value is -0.610. The Labute approximate surface area is 85.9 Å². The van der Waals surface area contributed by atoms with Gasteiger partial charge in [-0.15, -0.1) is 0 Å². The number of hydrogen-bond acceptors (Lipinski definition) is 3. The Bertz CT molecular complexity index is 170. The van der Waals surface area contributed by atoms with Crippen LogP contribution in [0.2, 0.25) is 0 Å². The SMILES string of the molecule is CC(N)CCC(=O)NC(CO)C(C)C. The average Bonchev–Trinajstić information content (AvgIpc) is 2.10. The normalized spacial score (nSPS) is 15.3. The van der Waals surface area contributed by atoms with Crippen LogP contribution in [0.4, 0.5) is 0 Å². The maximum atomic E-state index is 11.3. The fourth-order valence-corrected chi connectivity index (χ4v) is 1.06. The molecule has 14 heavy (non-hydrogen) atoms. The van der Waals surface area contributed by atoms with Crippen LogP contribution in [0, 0.1) is 5.92 Å². The highest BCUT2D eigenvalue weighted by Crippen LogP contribution is 2.01. The van der Waals surface area contributed by atoms with E-state index >= 15 is 0 Å². The van der Waals surface area contributed by atoms with Crippen molar-refractivity contribution in [2.45, 2.75) is 45.7 Å². The minimum Gasteiger partial charge on any atom is -0.394 e. The van der Waals surface area contributed by atoms with Crippen molar-refractivity contribution < 1.29 is 9.90 Å². The van der Waals surface area contributed by atoms with Gasteiger partial charge < -0.3 is 16.2 Å². The van der Waals surface area contributed by atoms with Gasteiger partial charge in [0.2, 0.25) is 5.91 Å². The Morgan fingerprint density at radius 3 is 2.36 bits per heavy atom. The van der Waals surface area contributed by atoms with Crippen LogP contribution in [0.1, 0.15) is 33.6 Å². The lowest BCUT2D eigenvalue weighted by molar-refractivity contribution is -0.122. The van der Waals surface area contributed by atoms with Crippen molar-refractivity contribution in [2.75, 3.05) is 6.61 Å². The number of aliphatic hydroxyl groups is 1. The molecule has 0 bridgehead atoms. The maximum absolute atomic E-state index is 11.3. The van der Waals surface area contributed by atoms with Crippen LogP contribution in [0.25, 0.3) is 0 Å². The van der Waals surface area contributed by atoms with Crippen LogP contribution in [-0.2, 0) is 4.79 Å². The van der Waals surface area contributed by atoms with Gasteiger partial charge in [-0.3, -0.25) is 4.79 Å². The molecule has 0 aromatic rings. The van der Waals surface area contributed by atoms with Gasteiger partial charge in [0.15, 0.2) is 0 Å². The van der Waals surface area contributed by atoms with Gasteiger partial charge in [0.25, 0.3) is 0 Å². The molecule has 2 atom stereocenters. The molecule has 4 N–H and O–H groups in total. The van der Waals surface area contributed by atoms with Crippen LogP contribution in [0.15, 0.2) is 0 Å². The second kappa shape index (κ2) is 6.79. The number of amides is 1. The molecule has 0 fully saturated rings. The lowest BCUT2D eigenvalue weighted by Gasteiger charge is -2.20. The monoisotopic (exact) mass is 202 g/mol. The maximum Gasteiger partial charge on any atom is 0.220 e. The Morgan fingerprint density at radius 1 is 1.43 bits per heavy atom. The van der Waals surface area contributed by atoms with Gasteiger partial charge in [-0.1, -0.05) is 13.8 Å². The van der Waals surface area contributed by atoms with Crippen molar-refractivity contribution in [2.24, 2.45) is 11.7 Å². The van der Waals surface area contributed by atoms with E-state index in [4.69, 9.17) is 10.8 Å². The molecule has 2 unspecified atom stereocenters. The molecule has 0 heterocycles. The van der Waals surface area contributed by atoms with Crippen LogP contribution < -0.4 is 11.1 Å². The van der Waals surface area contributed by atoms with Gasteiger partial charge in [-0.25, -0.2) is 0 Å². The van der Waals surface area contributed by atoms with Crippen LogP contribution in [-0.4, -0.2) is 29.7 Å². The second-order valence-electron chi connectivity index (χ2n) is 4.12. The molecule has 1 amide bonds. The largest absolute Gasteiger partial charge is 0.394 e. The van der Waals surface area contributed by atoms with E-state index in [1.807, 2.05) is 20.8 Å². The molecule has 4 nitrogen and oxygen atoms in total. The number of aliphatic hydroxyl groups excluding tert-OH is 1. The highest BCUT2D eigenvalue weighted by Gasteiger charge is 2.14. The van der Waals surface area contributed by atoms with Gasteiger partial charge in [-0.05, 0) is 19.3 Å². The third-order valence-corrected chi connectivity index (χ3v) is 2.17. The highest BCUT2D eigenvalue weighted by atomic mass is 16.3. The molecule has 0 spiro atoms. The van der Waals surface area contributed by atoms with Crippen LogP contribution in [0.5, 0.6) is 0 Å². The molecule has 0 radical (unpaired) electrons. The van der Waals surface area contributed by atoms with E-state index in [0.29, 0.717) is 12.8 Å². The molecule has 0 aromatic heterocycles. The summed E-state index contributed by atoms with van der Waals surface area (Å²) in [4.78, 5) is 11.3. The third kappa shape index (κ3) is 5.94. The quantitative estimate of drug-likeness (QED) is 0.578. The van der Waals surface area contributed by atoms with E-state index in [2.05, 4.69) is 5.32 Å². The molecule has 0 aliphatic carbocycles. The van der Waals surface area contributed by atoms with Crippen molar-refractivity contribution in [3.8, 4) is 0 Å². The minimum absolute atomic E-state index is 0.0123. The Morgan fingerprint density at radius 2 is 2.00 bits per heavy atom. The predicted molar refractivity (Wildman–Crippen MR) is 56.7 cm³/mol. The van der Waals surface area contributed by atoms with E-state index in [1.165, 1.54) is 0 Å². The van der Waals surface area contributed by atoms with Gasteiger partial charge >= 0.3 is 0 Å². The molecule has 0 aliphatic heterocycles. The van der Waals surface area contributed by atoms with Crippen molar-refractivity contribution in [3.05, 3.63) is 0 Å². The average molecular weight is 202 g/mol. The van der Waals surface area contributed by atoms with Crippen molar-refractivity contribution in [1.82, 2.24) is 5.32 Å². The fraction of sp³-hybridized carbons (Fsp3) is 0.900. The summed E-state index contributed by atoms with van der Waals surface area (Å²) < 4.78 is 0. The molecule has 84 valence electrons. The first-order chi connectivity index (χ1) is 6.47. The zero-order valence-corrected chi connectivity index (χ0v) is 9.29. The summed E-state index contributed by atoms with van der Waals surface area (Å²) in [6.45, 7) is 5.79. The van der Waals surface area contributed by atoms with Gasteiger partial charge in [0.05, 0.1) is 12.6 Å². The highest BCUT2D eigenvalue weighted by molar-refractivity contribution is 5.76. The summed E-state index contributed by atoms with van der Waals surface area (Å²) in [5, 5.41) is 11.8. The summed E-state index contributed by atoms with van der Waals surface area (Å²) in [5.74, 6) is 0.217. The smallest absolute Gasteiger partial charge is 0.220 e. The van der Waals surface area contributed by atoms with E-state index in [-0.39, 0.29) is 30.5 Å².